The first kappa shape index (κ1) is 14.5. The van der Waals surface area contributed by atoms with E-state index in [1.807, 2.05) is 36.1 Å². The van der Waals surface area contributed by atoms with E-state index in [1.54, 1.807) is 0 Å². The minimum absolute atomic E-state index is 0.0554. The Morgan fingerprint density at radius 3 is 3.11 bits per heavy atom. The van der Waals surface area contributed by atoms with Crippen LogP contribution in [-0.2, 0) is 9.53 Å². The van der Waals surface area contributed by atoms with E-state index in [4.69, 9.17) is 10.5 Å². The number of hydrogen-bond donors (Lipinski definition) is 1. The maximum atomic E-state index is 12.2. The van der Waals surface area contributed by atoms with Gasteiger partial charge in [0.1, 0.15) is 6.10 Å². The van der Waals surface area contributed by atoms with Gasteiger partial charge in [0.15, 0.2) is 0 Å². The fourth-order valence-corrected chi connectivity index (χ4v) is 2.59. The van der Waals surface area contributed by atoms with Gasteiger partial charge >= 0.3 is 0 Å². The second-order valence-electron chi connectivity index (χ2n) is 4.84. The lowest BCUT2D eigenvalue weighted by atomic mass is 10.1. The number of halogens is 1. The highest BCUT2D eigenvalue weighted by molar-refractivity contribution is 9.10. The second-order valence-corrected chi connectivity index (χ2v) is 5.75. The van der Waals surface area contributed by atoms with Gasteiger partial charge in [0.25, 0.3) is 0 Å². The van der Waals surface area contributed by atoms with Crippen molar-refractivity contribution in [2.75, 3.05) is 26.2 Å². The number of amides is 1. The highest BCUT2D eigenvalue weighted by Crippen LogP contribution is 2.25. The van der Waals surface area contributed by atoms with Gasteiger partial charge in [-0.05, 0) is 17.7 Å². The molecule has 1 amide bonds. The molecule has 1 aliphatic rings. The van der Waals surface area contributed by atoms with Crippen LogP contribution in [-0.4, -0.2) is 37.0 Å². The number of ether oxygens (including phenoxy) is 1. The summed E-state index contributed by atoms with van der Waals surface area (Å²) in [6.45, 7) is 4.07. The van der Waals surface area contributed by atoms with E-state index in [1.165, 1.54) is 0 Å². The summed E-state index contributed by atoms with van der Waals surface area (Å²) in [6.07, 6.45) is -0.0554. The standard InChI is InChI=1S/C14H19BrN2O2/c1-10(8-16)14(18)17-5-6-19-13(9-17)11-3-2-4-12(15)7-11/h2-4,7,10,13H,5-6,8-9,16H2,1H3. The first-order valence-corrected chi connectivity index (χ1v) is 7.27. The van der Waals surface area contributed by atoms with Crippen molar-refractivity contribution < 1.29 is 9.53 Å². The molecule has 5 heteroatoms. The molecule has 19 heavy (non-hydrogen) atoms. The predicted octanol–water partition coefficient (Wildman–Crippen LogP) is 1.94. The molecule has 0 bridgehead atoms. The average molecular weight is 327 g/mol. The summed E-state index contributed by atoms with van der Waals surface area (Å²) in [4.78, 5) is 14.0. The summed E-state index contributed by atoms with van der Waals surface area (Å²) in [5, 5.41) is 0. The molecule has 1 fully saturated rings. The van der Waals surface area contributed by atoms with Crippen LogP contribution in [0.2, 0.25) is 0 Å². The number of nitrogens with zero attached hydrogens (tertiary/aromatic N) is 1. The average Bonchev–Trinajstić information content (AvgIpc) is 2.46. The largest absolute Gasteiger partial charge is 0.370 e. The monoisotopic (exact) mass is 326 g/mol. The van der Waals surface area contributed by atoms with Crippen molar-refractivity contribution >= 4 is 21.8 Å². The van der Waals surface area contributed by atoms with Gasteiger partial charge in [-0.1, -0.05) is 35.0 Å². The molecule has 2 atom stereocenters. The van der Waals surface area contributed by atoms with E-state index in [9.17, 15) is 4.79 Å². The van der Waals surface area contributed by atoms with Crippen LogP contribution < -0.4 is 5.73 Å². The van der Waals surface area contributed by atoms with Crippen LogP contribution in [0.25, 0.3) is 0 Å². The third-order valence-corrected chi connectivity index (χ3v) is 3.87. The third kappa shape index (κ3) is 3.55. The molecule has 0 aliphatic carbocycles. The second kappa shape index (κ2) is 6.50. The Bertz CT molecular complexity index is 453. The molecule has 1 aromatic rings. The fraction of sp³-hybridized carbons (Fsp3) is 0.500. The van der Waals surface area contributed by atoms with Crippen molar-refractivity contribution in [1.82, 2.24) is 4.90 Å². The van der Waals surface area contributed by atoms with Crippen LogP contribution in [0.4, 0.5) is 0 Å². The number of nitrogens with two attached hydrogens (primary N) is 1. The molecule has 4 nitrogen and oxygen atoms in total. The normalized spacial score (nSPS) is 21.2. The molecule has 0 radical (unpaired) electrons. The first-order valence-electron chi connectivity index (χ1n) is 6.47. The fourth-order valence-electron chi connectivity index (χ4n) is 2.17. The summed E-state index contributed by atoms with van der Waals surface area (Å²) in [5.74, 6) is -0.00736. The minimum atomic E-state index is -0.124. The van der Waals surface area contributed by atoms with Gasteiger partial charge in [0.2, 0.25) is 5.91 Å². The molecule has 1 saturated heterocycles. The topological polar surface area (TPSA) is 55.6 Å². The van der Waals surface area contributed by atoms with Crippen LogP contribution in [0.5, 0.6) is 0 Å². The quantitative estimate of drug-likeness (QED) is 0.923. The minimum Gasteiger partial charge on any atom is -0.370 e. The summed E-state index contributed by atoms with van der Waals surface area (Å²) in [6, 6.07) is 8.01. The molecular weight excluding hydrogens is 308 g/mol. The Labute approximate surface area is 122 Å². The van der Waals surface area contributed by atoms with Crippen molar-refractivity contribution in [1.29, 1.82) is 0 Å². The molecule has 0 spiro atoms. The number of benzene rings is 1. The van der Waals surface area contributed by atoms with Crippen molar-refractivity contribution in [3.8, 4) is 0 Å². The first-order chi connectivity index (χ1) is 9.11. The molecule has 1 aliphatic heterocycles. The number of morpholine rings is 1. The zero-order valence-electron chi connectivity index (χ0n) is 11.0. The van der Waals surface area contributed by atoms with Gasteiger partial charge in [0, 0.05) is 23.5 Å². The van der Waals surface area contributed by atoms with Crippen molar-refractivity contribution in [3.05, 3.63) is 34.3 Å². The van der Waals surface area contributed by atoms with Crippen LogP contribution in [0, 0.1) is 5.92 Å². The predicted molar refractivity (Wildman–Crippen MR) is 77.6 cm³/mol. The Morgan fingerprint density at radius 2 is 2.42 bits per heavy atom. The SMILES string of the molecule is CC(CN)C(=O)N1CCOC(c2cccc(Br)c2)C1. The molecule has 1 heterocycles. The van der Waals surface area contributed by atoms with E-state index >= 15 is 0 Å². The maximum Gasteiger partial charge on any atom is 0.226 e. The zero-order chi connectivity index (χ0) is 13.8. The van der Waals surface area contributed by atoms with Crippen molar-refractivity contribution in [3.63, 3.8) is 0 Å². The molecule has 2 rings (SSSR count). The van der Waals surface area contributed by atoms with Gasteiger partial charge < -0.3 is 15.4 Å². The summed E-state index contributed by atoms with van der Waals surface area (Å²) < 4.78 is 6.79. The van der Waals surface area contributed by atoms with Crippen LogP contribution >= 0.6 is 15.9 Å². The van der Waals surface area contributed by atoms with Crippen LogP contribution in [0.15, 0.2) is 28.7 Å². The number of carbonyl (C=O) groups excluding carboxylic acids is 1. The molecule has 0 aromatic heterocycles. The maximum absolute atomic E-state index is 12.2. The smallest absolute Gasteiger partial charge is 0.226 e. The lowest BCUT2D eigenvalue weighted by molar-refractivity contribution is -0.142. The van der Waals surface area contributed by atoms with E-state index in [0.717, 1.165) is 10.0 Å². The zero-order valence-corrected chi connectivity index (χ0v) is 12.6. The van der Waals surface area contributed by atoms with Gasteiger partial charge in [-0.2, -0.15) is 0 Å². The van der Waals surface area contributed by atoms with Crippen LogP contribution in [0.1, 0.15) is 18.6 Å². The highest BCUT2D eigenvalue weighted by atomic mass is 79.9. The van der Waals surface area contributed by atoms with Gasteiger partial charge in [-0.25, -0.2) is 0 Å². The lowest BCUT2D eigenvalue weighted by Crippen LogP contribution is -2.45. The molecule has 104 valence electrons. The Balaban J connectivity index is 2.07. The van der Waals surface area contributed by atoms with Gasteiger partial charge in [-0.3, -0.25) is 4.79 Å². The van der Waals surface area contributed by atoms with Crippen molar-refractivity contribution in [2.45, 2.75) is 13.0 Å². The summed E-state index contributed by atoms with van der Waals surface area (Å²) in [5.41, 5.74) is 6.65. The molecule has 0 saturated carbocycles. The van der Waals surface area contributed by atoms with Crippen LogP contribution in [0.3, 0.4) is 0 Å². The highest BCUT2D eigenvalue weighted by Gasteiger charge is 2.27. The number of rotatable bonds is 3. The Kier molecular flexibility index (Phi) is 4.96. The molecule has 2 N–H and O–H groups in total. The molecule has 1 aromatic carbocycles. The number of carbonyl (C=O) groups is 1. The summed E-state index contributed by atoms with van der Waals surface area (Å²) in [7, 11) is 0. The van der Waals surface area contributed by atoms with Gasteiger partial charge in [-0.15, -0.1) is 0 Å². The van der Waals surface area contributed by atoms with E-state index in [0.29, 0.717) is 26.2 Å². The number of hydrogen-bond acceptors (Lipinski definition) is 3. The Hall–Kier alpha value is -0.910. The van der Waals surface area contributed by atoms with E-state index in [2.05, 4.69) is 15.9 Å². The summed E-state index contributed by atoms with van der Waals surface area (Å²) >= 11 is 3.45. The molecular formula is C14H19BrN2O2. The third-order valence-electron chi connectivity index (χ3n) is 3.37. The molecule has 2 unspecified atom stereocenters. The lowest BCUT2D eigenvalue weighted by Gasteiger charge is -2.34. The van der Waals surface area contributed by atoms with E-state index < -0.39 is 0 Å². The Morgan fingerprint density at radius 1 is 1.63 bits per heavy atom. The van der Waals surface area contributed by atoms with E-state index in [-0.39, 0.29) is 17.9 Å². The van der Waals surface area contributed by atoms with Gasteiger partial charge in [0.05, 0.1) is 13.2 Å². The van der Waals surface area contributed by atoms with Crippen molar-refractivity contribution in [2.24, 2.45) is 11.7 Å².